The van der Waals surface area contributed by atoms with Gasteiger partial charge in [-0.25, -0.2) is 12.8 Å². The molecular weight excluding hydrogens is 461 g/mol. The van der Waals surface area contributed by atoms with Crippen LogP contribution in [0.5, 0.6) is 0 Å². The van der Waals surface area contributed by atoms with Crippen LogP contribution in [0.4, 0.5) is 15.8 Å². The molecule has 1 aliphatic heterocycles. The Morgan fingerprint density at radius 2 is 2.03 bits per heavy atom. The zero-order valence-electron chi connectivity index (χ0n) is 18.9. The van der Waals surface area contributed by atoms with Crippen molar-refractivity contribution in [2.24, 2.45) is 5.92 Å². The molecule has 1 aliphatic rings. The lowest BCUT2D eigenvalue weighted by molar-refractivity contribution is -0.121. The van der Waals surface area contributed by atoms with Gasteiger partial charge in [0.05, 0.1) is 24.4 Å². The molecule has 1 fully saturated rings. The minimum atomic E-state index is -3.40. The van der Waals surface area contributed by atoms with Crippen LogP contribution in [0.3, 0.4) is 0 Å². The van der Waals surface area contributed by atoms with Gasteiger partial charge in [0.25, 0.3) is 0 Å². The van der Waals surface area contributed by atoms with Crippen LogP contribution in [-0.4, -0.2) is 55.8 Å². The van der Waals surface area contributed by atoms with Crippen molar-refractivity contribution in [2.45, 2.75) is 19.4 Å². The first kappa shape index (κ1) is 23.8. The highest BCUT2D eigenvalue weighted by molar-refractivity contribution is 7.92. The summed E-state index contributed by atoms with van der Waals surface area (Å²) in [6.07, 6.45) is 2.71. The summed E-state index contributed by atoms with van der Waals surface area (Å²) >= 11 is 0. The first-order valence-corrected chi connectivity index (χ1v) is 12.7. The number of nitrogens with zero attached hydrogens (tertiary/aromatic N) is 4. The van der Waals surface area contributed by atoms with Crippen molar-refractivity contribution < 1.29 is 22.1 Å². The molecular formula is C23H26FN5O4S. The minimum Gasteiger partial charge on any atom is -0.338 e. The number of hydrogen-bond donors (Lipinski definition) is 1. The van der Waals surface area contributed by atoms with Crippen LogP contribution in [0.25, 0.3) is 11.4 Å². The predicted molar refractivity (Wildman–Crippen MR) is 126 cm³/mol. The summed E-state index contributed by atoms with van der Waals surface area (Å²) in [7, 11) is -1.93. The number of sulfonamides is 1. The largest absolute Gasteiger partial charge is 0.338 e. The minimum absolute atomic E-state index is 0.124. The summed E-state index contributed by atoms with van der Waals surface area (Å²) in [6.45, 7) is 1.74. The Balaban J connectivity index is 1.37. The van der Waals surface area contributed by atoms with E-state index in [1.165, 1.54) is 19.2 Å². The average molecular weight is 488 g/mol. The number of nitrogens with one attached hydrogen (secondary N) is 1. The average Bonchev–Trinajstić information content (AvgIpc) is 3.27. The Morgan fingerprint density at radius 3 is 2.76 bits per heavy atom. The highest BCUT2D eigenvalue weighted by Crippen LogP contribution is 2.24. The Kier molecular flexibility index (Phi) is 6.94. The number of carbonyl (C=O) groups is 1. The molecule has 9 nitrogen and oxygen atoms in total. The summed E-state index contributed by atoms with van der Waals surface area (Å²) in [5.41, 5.74) is 1.67. The van der Waals surface area contributed by atoms with E-state index in [1.54, 1.807) is 36.4 Å². The van der Waals surface area contributed by atoms with Gasteiger partial charge in [-0.1, -0.05) is 11.2 Å². The molecule has 4 rings (SSSR count). The molecule has 3 aromatic rings. The molecule has 180 valence electrons. The van der Waals surface area contributed by atoms with E-state index in [1.807, 2.05) is 0 Å². The van der Waals surface area contributed by atoms with Gasteiger partial charge in [0.1, 0.15) is 5.82 Å². The molecule has 0 saturated carbocycles. The predicted octanol–water partition coefficient (Wildman–Crippen LogP) is 3.12. The molecule has 1 saturated heterocycles. The third-order valence-electron chi connectivity index (χ3n) is 5.78. The smallest absolute Gasteiger partial charge is 0.241 e. The second kappa shape index (κ2) is 9.90. The number of amides is 1. The fraction of sp³-hybridized carbons (Fsp3) is 0.348. The van der Waals surface area contributed by atoms with E-state index in [2.05, 4.69) is 20.4 Å². The first-order chi connectivity index (χ1) is 16.2. The van der Waals surface area contributed by atoms with Crippen molar-refractivity contribution in [3.05, 3.63) is 60.2 Å². The summed E-state index contributed by atoms with van der Waals surface area (Å²) in [5.74, 6) is 0.127. The van der Waals surface area contributed by atoms with E-state index in [0.717, 1.165) is 29.9 Å². The molecule has 0 spiro atoms. The number of halogens is 1. The molecule has 1 N–H and O–H groups in total. The lowest BCUT2D eigenvalue weighted by Crippen LogP contribution is -2.40. The highest BCUT2D eigenvalue weighted by atomic mass is 32.2. The van der Waals surface area contributed by atoms with Crippen LogP contribution in [0.15, 0.2) is 53.1 Å². The highest BCUT2D eigenvalue weighted by Gasteiger charge is 2.27. The number of likely N-dealkylation sites (tertiary alicyclic amines) is 1. The number of rotatable bonds is 7. The number of benzene rings is 2. The lowest BCUT2D eigenvalue weighted by atomic mass is 9.97. The van der Waals surface area contributed by atoms with Crippen LogP contribution < -0.4 is 9.62 Å². The molecule has 34 heavy (non-hydrogen) atoms. The SMILES string of the molecule is CN(c1cccc(NC(=O)C2CCCN(Cc3nc(-c4ccc(F)cc4)no3)C2)c1)S(C)(=O)=O. The van der Waals surface area contributed by atoms with E-state index in [9.17, 15) is 17.6 Å². The Morgan fingerprint density at radius 1 is 1.26 bits per heavy atom. The van der Waals surface area contributed by atoms with Gasteiger partial charge in [0, 0.05) is 24.8 Å². The van der Waals surface area contributed by atoms with Crippen molar-refractivity contribution in [1.82, 2.24) is 15.0 Å². The van der Waals surface area contributed by atoms with E-state index >= 15 is 0 Å². The second-order valence-electron chi connectivity index (χ2n) is 8.36. The number of aromatic nitrogens is 2. The van der Waals surface area contributed by atoms with Gasteiger partial charge in [-0.3, -0.25) is 14.0 Å². The van der Waals surface area contributed by atoms with Crippen molar-refractivity contribution in [3.63, 3.8) is 0 Å². The van der Waals surface area contributed by atoms with Gasteiger partial charge >= 0.3 is 0 Å². The van der Waals surface area contributed by atoms with Gasteiger partial charge in [-0.05, 0) is 61.9 Å². The van der Waals surface area contributed by atoms with E-state index < -0.39 is 10.0 Å². The Labute approximate surface area is 197 Å². The Hall–Kier alpha value is -3.31. The maximum Gasteiger partial charge on any atom is 0.241 e. The number of anilines is 2. The van der Waals surface area contributed by atoms with E-state index in [0.29, 0.717) is 41.7 Å². The zero-order valence-corrected chi connectivity index (χ0v) is 19.8. The molecule has 11 heteroatoms. The van der Waals surface area contributed by atoms with Crippen LogP contribution in [0, 0.1) is 11.7 Å². The van der Waals surface area contributed by atoms with Crippen molar-refractivity contribution in [1.29, 1.82) is 0 Å². The number of piperidine rings is 1. The summed E-state index contributed by atoms with van der Waals surface area (Å²) in [4.78, 5) is 19.4. The first-order valence-electron chi connectivity index (χ1n) is 10.8. The van der Waals surface area contributed by atoms with E-state index in [4.69, 9.17) is 4.52 Å². The molecule has 1 aromatic heterocycles. The summed E-state index contributed by atoms with van der Waals surface area (Å²) in [5, 5.41) is 6.87. The molecule has 1 unspecified atom stereocenters. The van der Waals surface area contributed by atoms with Crippen LogP contribution in [0.1, 0.15) is 18.7 Å². The van der Waals surface area contributed by atoms with Gasteiger partial charge < -0.3 is 9.84 Å². The van der Waals surface area contributed by atoms with Gasteiger partial charge in [-0.2, -0.15) is 4.98 Å². The molecule has 1 atom stereocenters. The topological polar surface area (TPSA) is 109 Å². The quantitative estimate of drug-likeness (QED) is 0.545. The van der Waals surface area contributed by atoms with Crippen LogP contribution in [-0.2, 0) is 21.4 Å². The fourth-order valence-corrected chi connectivity index (χ4v) is 4.35. The monoisotopic (exact) mass is 487 g/mol. The number of carbonyl (C=O) groups excluding carboxylic acids is 1. The molecule has 1 amide bonds. The van der Waals surface area contributed by atoms with Gasteiger partial charge in [0.15, 0.2) is 0 Å². The maximum atomic E-state index is 13.1. The Bertz CT molecular complexity index is 1260. The summed E-state index contributed by atoms with van der Waals surface area (Å²) < 4.78 is 43.2. The van der Waals surface area contributed by atoms with Crippen molar-refractivity contribution in [3.8, 4) is 11.4 Å². The molecule has 0 aliphatic carbocycles. The summed E-state index contributed by atoms with van der Waals surface area (Å²) in [6, 6.07) is 12.6. The fourth-order valence-electron chi connectivity index (χ4n) is 3.86. The second-order valence-corrected chi connectivity index (χ2v) is 10.4. The molecule has 0 bridgehead atoms. The normalized spacial score (nSPS) is 16.9. The third kappa shape index (κ3) is 5.78. The molecule has 2 aromatic carbocycles. The van der Waals surface area contributed by atoms with Crippen LogP contribution in [0.2, 0.25) is 0 Å². The zero-order chi connectivity index (χ0) is 24.3. The van der Waals surface area contributed by atoms with Crippen LogP contribution >= 0.6 is 0 Å². The maximum absolute atomic E-state index is 13.1. The number of hydrogen-bond acceptors (Lipinski definition) is 7. The van der Waals surface area contributed by atoms with Crippen molar-refractivity contribution >= 4 is 27.3 Å². The van der Waals surface area contributed by atoms with E-state index in [-0.39, 0.29) is 17.6 Å². The van der Waals surface area contributed by atoms with Crippen molar-refractivity contribution in [2.75, 3.05) is 36.0 Å². The standard InChI is InChI=1S/C23H26FN5O4S/c1-28(34(2,31)32)20-7-3-6-19(13-20)25-23(30)17-5-4-12-29(14-17)15-21-26-22(27-33-21)16-8-10-18(24)11-9-16/h3,6-11,13,17H,4-5,12,14-15H2,1-2H3,(H,25,30). The van der Waals surface area contributed by atoms with Gasteiger partial charge in [0.2, 0.25) is 27.6 Å². The third-order valence-corrected chi connectivity index (χ3v) is 6.99. The lowest BCUT2D eigenvalue weighted by Gasteiger charge is -2.31. The molecule has 0 radical (unpaired) electrons. The van der Waals surface area contributed by atoms with Gasteiger partial charge in [-0.15, -0.1) is 0 Å². The molecule has 2 heterocycles.